The van der Waals surface area contributed by atoms with Gasteiger partial charge in [0.25, 0.3) is 0 Å². The van der Waals surface area contributed by atoms with Crippen LogP contribution in [-0.2, 0) is 9.53 Å². The predicted octanol–water partition coefficient (Wildman–Crippen LogP) is 6.89. The highest BCUT2D eigenvalue weighted by molar-refractivity contribution is 5.75. The molecule has 2 saturated carbocycles. The Bertz CT molecular complexity index is 992. The number of esters is 1. The van der Waals surface area contributed by atoms with Crippen molar-refractivity contribution < 1.29 is 9.53 Å². The zero-order valence-electron chi connectivity index (χ0n) is 19.5. The third-order valence-electron chi connectivity index (χ3n) is 8.24. The summed E-state index contributed by atoms with van der Waals surface area (Å²) in [6.07, 6.45) is 12.7. The Hall–Kier alpha value is -2.42. The van der Waals surface area contributed by atoms with E-state index in [-0.39, 0.29) is 18.0 Å². The Kier molecular flexibility index (Phi) is 5.92. The fraction of sp³-hybridized carbons (Fsp3) is 0.517. The molecule has 1 saturated heterocycles. The number of rotatable bonds is 4. The normalized spacial score (nSPS) is 32.1. The topological polar surface area (TPSA) is 39.2 Å². The van der Waals surface area contributed by atoms with Crippen LogP contribution < -0.4 is 0 Å². The van der Waals surface area contributed by atoms with Crippen molar-refractivity contribution >= 4 is 12.0 Å². The van der Waals surface area contributed by atoms with E-state index in [0.717, 1.165) is 17.7 Å². The number of carbonyl (C=O) groups excluding carboxylic acids is 1. The number of cyclic esters (lactones) is 1. The van der Waals surface area contributed by atoms with Gasteiger partial charge in [-0.15, -0.1) is 0 Å². The SMILES string of the molecule is CC(C)c1cccc(-c2ccc(/C=C/[C@H]3[C@@H]4CCCC[C@H]4C[C@H]4C(=O)O[C@H](C)[C@@H]34)nc2)c1. The molecule has 0 unspecified atom stereocenters. The summed E-state index contributed by atoms with van der Waals surface area (Å²) >= 11 is 0. The molecular formula is C29H35NO2. The van der Waals surface area contributed by atoms with Gasteiger partial charge < -0.3 is 4.74 Å². The highest BCUT2D eigenvalue weighted by Gasteiger charge is 2.53. The highest BCUT2D eigenvalue weighted by Crippen LogP contribution is 2.53. The van der Waals surface area contributed by atoms with E-state index in [1.54, 1.807) is 0 Å². The lowest BCUT2D eigenvalue weighted by Crippen LogP contribution is -2.42. The first kappa shape index (κ1) is 21.4. The van der Waals surface area contributed by atoms with Crippen molar-refractivity contribution in [2.45, 2.75) is 64.9 Å². The second kappa shape index (κ2) is 8.84. The Balaban J connectivity index is 1.37. The van der Waals surface area contributed by atoms with Crippen LogP contribution in [0.3, 0.4) is 0 Å². The Labute approximate surface area is 192 Å². The number of pyridine rings is 1. The molecule has 3 heteroatoms. The van der Waals surface area contributed by atoms with Gasteiger partial charge in [0.05, 0.1) is 11.6 Å². The van der Waals surface area contributed by atoms with Crippen LogP contribution in [0.5, 0.6) is 0 Å². The highest BCUT2D eigenvalue weighted by atomic mass is 16.6. The average molecular weight is 430 g/mol. The molecule has 1 aliphatic heterocycles. The zero-order chi connectivity index (χ0) is 22.2. The molecule has 32 heavy (non-hydrogen) atoms. The van der Waals surface area contributed by atoms with Gasteiger partial charge in [0, 0.05) is 17.7 Å². The van der Waals surface area contributed by atoms with Crippen LogP contribution >= 0.6 is 0 Å². The first-order chi connectivity index (χ1) is 15.5. The summed E-state index contributed by atoms with van der Waals surface area (Å²) in [5, 5.41) is 0. The zero-order valence-corrected chi connectivity index (χ0v) is 19.5. The summed E-state index contributed by atoms with van der Waals surface area (Å²) in [5.41, 5.74) is 4.71. The molecule has 1 aromatic carbocycles. The lowest BCUT2D eigenvalue weighted by Gasteiger charge is -2.45. The predicted molar refractivity (Wildman–Crippen MR) is 129 cm³/mol. The van der Waals surface area contributed by atoms with Gasteiger partial charge in [0.1, 0.15) is 6.10 Å². The largest absolute Gasteiger partial charge is 0.462 e. The molecule has 2 aromatic rings. The third kappa shape index (κ3) is 4.02. The van der Waals surface area contributed by atoms with E-state index in [0.29, 0.717) is 29.6 Å². The van der Waals surface area contributed by atoms with Crippen LogP contribution in [0.1, 0.15) is 70.1 Å². The molecule has 0 bridgehead atoms. The van der Waals surface area contributed by atoms with E-state index in [4.69, 9.17) is 9.72 Å². The molecule has 5 rings (SSSR count). The van der Waals surface area contributed by atoms with Crippen molar-refractivity contribution in [3.05, 3.63) is 59.9 Å². The number of carbonyl (C=O) groups is 1. The molecular weight excluding hydrogens is 394 g/mol. The number of fused-ring (bicyclic) bond motifs is 2. The molecule has 3 fully saturated rings. The molecule has 6 atom stereocenters. The average Bonchev–Trinajstić information content (AvgIpc) is 3.10. The summed E-state index contributed by atoms with van der Waals surface area (Å²) in [5.74, 6) is 2.71. The molecule has 3 nitrogen and oxygen atoms in total. The number of hydrogen-bond acceptors (Lipinski definition) is 3. The van der Waals surface area contributed by atoms with Gasteiger partial charge in [-0.05, 0) is 66.7 Å². The van der Waals surface area contributed by atoms with E-state index in [1.165, 1.54) is 36.8 Å². The maximum Gasteiger partial charge on any atom is 0.309 e. The van der Waals surface area contributed by atoms with Gasteiger partial charge in [-0.2, -0.15) is 0 Å². The van der Waals surface area contributed by atoms with Crippen molar-refractivity contribution in [3.63, 3.8) is 0 Å². The van der Waals surface area contributed by atoms with Gasteiger partial charge in [0.2, 0.25) is 0 Å². The van der Waals surface area contributed by atoms with E-state index in [1.807, 2.05) is 6.20 Å². The van der Waals surface area contributed by atoms with Crippen LogP contribution in [-0.4, -0.2) is 17.1 Å². The van der Waals surface area contributed by atoms with E-state index < -0.39 is 0 Å². The van der Waals surface area contributed by atoms with Crippen molar-refractivity contribution in [3.8, 4) is 11.1 Å². The molecule has 0 amide bonds. The van der Waals surface area contributed by atoms with Crippen LogP contribution in [0.4, 0.5) is 0 Å². The quantitative estimate of drug-likeness (QED) is 0.497. The molecule has 1 aromatic heterocycles. The number of benzene rings is 1. The van der Waals surface area contributed by atoms with Crippen LogP contribution in [0.15, 0.2) is 48.7 Å². The smallest absolute Gasteiger partial charge is 0.309 e. The van der Waals surface area contributed by atoms with Crippen molar-refractivity contribution in [1.29, 1.82) is 0 Å². The van der Waals surface area contributed by atoms with E-state index in [9.17, 15) is 4.79 Å². The minimum Gasteiger partial charge on any atom is -0.462 e. The second-order valence-corrected chi connectivity index (χ2v) is 10.5. The van der Waals surface area contributed by atoms with Gasteiger partial charge in [-0.3, -0.25) is 9.78 Å². The Morgan fingerprint density at radius 2 is 1.94 bits per heavy atom. The molecule has 2 aliphatic carbocycles. The van der Waals surface area contributed by atoms with Gasteiger partial charge in [-0.25, -0.2) is 0 Å². The number of aromatic nitrogens is 1. The van der Waals surface area contributed by atoms with Gasteiger partial charge in [-0.1, -0.05) is 69.5 Å². The first-order valence-electron chi connectivity index (χ1n) is 12.5. The standard InChI is InChI=1S/C29H35NO2/c1-18(2)20-8-6-9-21(15-20)23-11-12-24(30-17-23)13-14-26-25-10-5-4-7-22(25)16-27-28(26)19(3)32-29(27)31/h6,8-9,11-15,17-19,22,25-28H,4-5,7,10,16H2,1-3H3/b14-13+/t19-,22+,25-,26+,27-,28+/m1/s1. The summed E-state index contributed by atoms with van der Waals surface area (Å²) in [7, 11) is 0. The summed E-state index contributed by atoms with van der Waals surface area (Å²) in [6, 6.07) is 13.0. The molecule has 2 heterocycles. The van der Waals surface area contributed by atoms with Crippen molar-refractivity contribution in [1.82, 2.24) is 4.98 Å². The number of allylic oxidation sites excluding steroid dienone is 1. The Morgan fingerprint density at radius 1 is 1.09 bits per heavy atom. The Morgan fingerprint density at radius 3 is 2.72 bits per heavy atom. The van der Waals surface area contributed by atoms with E-state index >= 15 is 0 Å². The molecule has 0 spiro atoms. The summed E-state index contributed by atoms with van der Waals surface area (Å²) < 4.78 is 5.70. The molecule has 0 radical (unpaired) electrons. The minimum atomic E-state index is 0.0218. The summed E-state index contributed by atoms with van der Waals surface area (Å²) in [6.45, 7) is 6.54. The fourth-order valence-corrected chi connectivity index (χ4v) is 6.55. The maximum absolute atomic E-state index is 12.5. The van der Waals surface area contributed by atoms with Crippen molar-refractivity contribution in [2.24, 2.45) is 29.6 Å². The minimum absolute atomic E-state index is 0.0218. The number of ether oxygens (including phenoxy) is 1. The molecule has 168 valence electrons. The van der Waals surface area contributed by atoms with Gasteiger partial charge >= 0.3 is 5.97 Å². The third-order valence-corrected chi connectivity index (χ3v) is 8.24. The van der Waals surface area contributed by atoms with Gasteiger partial charge in [0.15, 0.2) is 0 Å². The van der Waals surface area contributed by atoms with Crippen LogP contribution in [0.2, 0.25) is 0 Å². The van der Waals surface area contributed by atoms with Crippen molar-refractivity contribution in [2.75, 3.05) is 0 Å². The monoisotopic (exact) mass is 429 g/mol. The second-order valence-electron chi connectivity index (χ2n) is 10.5. The number of nitrogens with zero attached hydrogens (tertiary/aromatic N) is 1. The first-order valence-corrected chi connectivity index (χ1v) is 12.5. The summed E-state index contributed by atoms with van der Waals surface area (Å²) in [4.78, 5) is 17.2. The molecule has 3 aliphatic rings. The lowest BCUT2D eigenvalue weighted by atomic mass is 9.57. The molecule has 0 N–H and O–H groups in total. The van der Waals surface area contributed by atoms with E-state index in [2.05, 4.69) is 69.3 Å². The van der Waals surface area contributed by atoms with Crippen LogP contribution in [0, 0.1) is 29.6 Å². The fourth-order valence-electron chi connectivity index (χ4n) is 6.55. The maximum atomic E-state index is 12.5. The lowest BCUT2D eigenvalue weighted by molar-refractivity contribution is -0.144. The number of hydrogen-bond donors (Lipinski definition) is 0. The van der Waals surface area contributed by atoms with Crippen LogP contribution in [0.25, 0.3) is 17.2 Å².